The van der Waals surface area contributed by atoms with Crippen LogP contribution in [0.15, 0.2) is 36.4 Å². The maximum Gasteiger partial charge on any atom is 0.320 e. The Kier molecular flexibility index (Phi) is 4.03. The molecule has 1 aliphatic carbocycles. The number of aromatic nitrogens is 2. The molecule has 2 aliphatic rings. The van der Waals surface area contributed by atoms with Gasteiger partial charge in [-0.1, -0.05) is 24.3 Å². The molecule has 1 aliphatic heterocycles. The third kappa shape index (κ3) is 2.62. The van der Waals surface area contributed by atoms with E-state index in [-0.39, 0.29) is 24.5 Å². The number of carbonyl (C=O) groups is 2. The highest BCUT2D eigenvalue weighted by molar-refractivity contribution is 6.06. The van der Waals surface area contributed by atoms with Gasteiger partial charge >= 0.3 is 5.97 Å². The molecule has 0 saturated heterocycles. The van der Waals surface area contributed by atoms with Crippen LogP contribution in [-0.2, 0) is 14.3 Å². The van der Waals surface area contributed by atoms with Crippen molar-refractivity contribution in [3.8, 4) is 0 Å². The van der Waals surface area contributed by atoms with Gasteiger partial charge in [-0.25, -0.2) is 4.98 Å². The summed E-state index contributed by atoms with van der Waals surface area (Å²) in [6, 6.07) is 7.50. The van der Waals surface area contributed by atoms with Gasteiger partial charge < -0.3 is 9.30 Å². The monoisotopic (exact) mass is 339 g/mol. The Balaban J connectivity index is 1.87. The number of hydrogen-bond donors (Lipinski definition) is 1. The lowest BCUT2D eigenvalue weighted by molar-refractivity contribution is -0.154. The third-order valence-corrected chi connectivity index (χ3v) is 5.09. The minimum atomic E-state index is -0.846. The summed E-state index contributed by atoms with van der Waals surface area (Å²) in [6.45, 7) is 2.02. The van der Waals surface area contributed by atoms with Crippen molar-refractivity contribution in [3.63, 3.8) is 0 Å². The Morgan fingerprint density at radius 1 is 1.36 bits per heavy atom. The molecule has 0 spiro atoms. The number of amides is 1. The molecule has 4 rings (SSSR count). The van der Waals surface area contributed by atoms with Gasteiger partial charge in [0.2, 0.25) is 11.9 Å². The van der Waals surface area contributed by atoms with Gasteiger partial charge in [-0.3, -0.25) is 14.9 Å². The number of carbonyl (C=O) groups excluding carboxylic acids is 2. The van der Waals surface area contributed by atoms with Gasteiger partial charge in [0, 0.05) is 0 Å². The van der Waals surface area contributed by atoms with Crippen molar-refractivity contribution in [2.24, 2.45) is 11.8 Å². The molecule has 2 heterocycles. The van der Waals surface area contributed by atoms with Gasteiger partial charge in [-0.15, -0.1) is 0 Å². The Bertz CT molecular complexity index is 855. The third-order valence-electron chi connectivity index (χ3n) is 5.09. The summed E-state index contributed by atoms with van der Waals surface area (Å²) in [5.41, 5.74) is 1.75. The van der Waals surface area contributed by atoms with Gasteiger partial charge in [0.25, 0.3) is 0 Å². The molecule has 1 amide bonds. The molecule has 1 aromatic carbocycles. The number of anilines is 1. The summed E-state index contributed by atoms with van der Waals surface area (Å²) in [7, 11) is 0. The van der Waals surface area contributed by atoms with E-state index < -0.39 is 11.9 Å². The minimum absolute atomic E-state index is 0.196. The van der Waals surface area contributed by atoms with Crippen molar-refractivity contribution in [3.05, 3.63) is 36.4 Å². The number of nitrogens with zero attached hydrogens (tertiary/aromatic N) is 2. The fraction of sp³-hybridized carbons (Fsp3) is 0.421. The number of esters is 1. The van der Waals surface area contributed by atoms with Crippen molar-refractivity contribution in [2.75, 3.05) is 11.9 Å². The molecule has 1 aromatic heterocycles. The summed E-state index contributed by atoms with van der Waals surface area (Å²) in [5.74, 6) is -0.904. The predicted molar refractivity (Wildman–Crippen MR) is 94.0 cm³/mol. The molecule has 2 aromatic rings. The SMILES string of the molecule is CCOC(=O)[C@@H]1C(=O)Nc2nc3ccccc3n2[C@@H]1[C@@H]1CC=CCC1. The minimum Gasteiger partial charge on any atom is -0.465 e. The van der Waals surface area contributed by atoms with Crippen LogP contribution in [0.5, 0.6) is 0 Å². The molecular weight excluding hydrogens is 318 g/mol. The molecule has 3 atom stereocenters. The summed E-state index contributed by atoms with van der Waals surface area (Å²) in [4.78, 5) is 29.9. The van der Waals surface area contributed by atoms with Gasteiger partial charge in [-0.2, -0.15) is 0 Å². The highest BCUT2D eigenvalue weighted by Gasteiger charge is 2.46. The van der Waals surface area contributed by atoms with E-state index in [0.29, 0.717) is 5.95 Å². The number of nitrogens with one attached hydrogen (secondary N) is 1. The van der Waals surface area contributed by atoms with Crippen LogP contribution in [0.4, 0.5) is 5.95 Å². The maximum atomic E-state index is 12.7. The summed E-state index contributed by atoms with van der Waals surface area (Å²) < 4.78 is 7.25. The number of fused-ring (bicyclic) bond motifs is 3. The first kappa shape index (κ1) is 15.9. The molecule has 0 radical (unpaired) electrons. The first-order valence-corrected chi connectivity index (χ1v) is 8.80. The van der Waals surface area contributed by atoms with Crippen LogP contribution in [0.2, 0.25) is 0 Å². The zero-order chi connectivity index (χ0) is 17.4. The predicted octanol–water partition coefficient (Wildman–Crippen LogP) is 3.07. The van der Waals surface area contributed by atoms with Gasteiger partial charge in [-0.05, 0) is 44.2 Å². The quantitative estimate of drug-likeness (QED) is 0.530. The van der Waals surface area contributed by atoms with Crippen molar-refractivity contribution in [1.82, 2.24) is 9.55 Å². The van der Waals surface area contributed by atoms with Crippen molar-refractivity contribution in [2.45, 2.75) is 32.2 Å². The van der Waals surface area contributed by atoms with E-state index in [0.717, 1.165) is 30.3 Å². The highest BCUT2D eigenvalue weighted by atomic mass is 16.5. The zero-order valence-corrected chi connectivity index (χ0v) is 14.1. The second-order valence-electron chi connectivity index (χ2n) is 6.55. The van der Waals surface area contributed by atoms with Crippen molar-refractivity contribution >= 4 is 28.9 Å². The number of ether oxygens (including phenoxy) is 1. The lowest BCUT2D eigenvalue weighted by Gasteiger charge is -2.37. The average molecular weight is 339 g/mol. The number of hydrogen-bond acceptors (Lipinski definition) is 4. The van der Waals surface area contributed by atoms with E-state index in [9.17, 15) is 9.59 Å². The van der Waals surface area contributed by atoms with Crippen molar-refractivity contribution in [1.29, 1.82) is 0 Å². The van der Waals surface area contributed by atoms with Crippen LogP contribution in [-0.4, -0.2) is 28.0 Å². The smallest absolute Gasteiger partial charge is 0.320 e. The average Bonchev–Trinajstić information content (AvgIpc) is 2.99. The molecule has 0 bridgehead atoms. The first-order valence-electron chi connectivity index (χ1n) is 8.80. The number of rotatable bonds is 3. The Hall–Kier alpha value is -2.63. The molecule has 0 fully saturated rings. The fourth-order valence-electron chi connectivity index (χ4n) is 4.02. The molecule has 25 heavy (non-hydrogen) atoms. The summed E-state index contributed by atoms with van der Waals surface area (Å²) in [5, 5.41) is 2.80. The van der Waals surface area contributed by atoms with Gasteiger partial charge in [0.05, 0.1) is 23.7 Å². The number of para-hydroxylation sites is 2. The first-order chi connectivity index (χ1) is 12.2. The van der Waals surface area contributed by atoms with Crippen LogP contribution in [0.1, 0.15) is 32.2 Å². The molecule has 0 unspecified atom stereocenters. The standard InChI is InChI=1S/C19H21N3O3/c1-2-25-18(24)15-16(12-8-4-3-5-9-12)22-14-11-7-6-10-13(14)20-19(22)21-17(15)23/h3-4,6-7,10-12,15-16H,2,5,8-9H2,1H3,(H,20,21,23)/t12-,15+,16-/m1/s1. The van der Waals surface area contributed by atoms with Crippen LogP contribution >= 0.6 is 0 Å². The van der Waals surface area contributed by atoms with Crippen LogP contribution in [0.25, 0.3) is 11.0 Å². The lowest BCUT2D eigenvalue weighted by atomic mass is 9.79. The van der Waals surface area contributed by atoms with Crippen molar-refractivity contribution < 1.29 is 14.3 Å². The molecule has 6 nitrogen and oxygen atoms in total. The second-order valence-corrected chi connectivity index (χ2v) is 6.55. The van der Waals surface area contributed by atoms with E-state index in [4.69, 9.17) is 4.74 Å². The molecule has 1 N–H and O–H groups in total. The number of allylic oxidation sites excluding steroid dienone is 2. The normalized spacial score (nSPS) is 25.5. The zero-order valence-electron chi connectivity index (χ0n) is 14.1. The summed E-state index contributed by atoms with van der Waals surface area (Å²) >= 11 is 0. The van der Waals surface area contributed by atoms with E-state index >= 15 is 0 Å². The molecule has 0 saturated carbocycles. The van der Waals surface area contributed by atoms with Crippen LogP contribution in [0.3, 0.4) is 0 Å². The Morgan fingerprint density at radius 2 is 2.20 bits per heavy atom. The fourth-order valence-corrected chi connectivity index (χ4v) is 4.02. The summed E-state index contributed by atoms with van der Waals surface area (Å²) in [6.07, 6.45) is 7.05. The van der Waals surface area contributed by atoms with E-state index in [1.807, 2.05) is 28.8 Å². The maximum absolute atomic E-state index is 12.7. The largest absolute Gasteiger partial charge is 0.465 e. The van der Waals surface area contributed by atoms with Crippen LogP contribution < -0.4 is 5.32 Å². The van der Waals surface area contributed by atoms with Gasteiger partial charge in [0.1, 0.15) is 0 Å². The Morgan fingerprint density at radius 3 is 2.96 bits per heavy atom. The van der Waals surface area contributed by atoms with E-state index in [1.54, 1.807) is 6.92 Å². The van der Waals surface area contributed by atoms with E-state index in [2.05, 4.69) is 22.5 Å². The number of benzene rings is 1. The number of imidazole rings is 1. The molecule has 6 heteroatoms. The topological polar surface area (TPSA) is 73.2 Å². The highest BCUT2D eigenvalue weighted by Crippen LogP contribution is 2.42. The second kappa shape index (κ2) is 6.35. The van der Waals surface area contributed by atoms with Crippen LogP contribution in [0, 0.1) is 11.8 Å². The van der Waals surface area contributed by atoms with E-state index in [1.165, 1.54) is 0 Å². The molecule has 130 valence electrons. The van der Waals surface area contributed by atoms with Gasteiger partial charge in [0.15, 0.2) is 5.92 Å². The Labute approximate surface area is 145 Å². The lowest BCUT2D eigenvalue weighted by Crippen LogP contribution is -2.45. The molecular formula is C19H21N3O3.